The Balaban J connectivity index is 2.25. The SMILES string of the molecule is CCCOc1ccc(C(F)(F)F)cc1NC(=O)/C=C/c1c(C)nn(C)c1Cl. The fourth-order valence-corrected chi connectivity index (χ4v) is 2.55. The van der Waals surface area contributed by atoms with Gasteiger partial charge in [0.05, 0.1) is 23.6 Å². The van der Waals surface area contributed by atoms with Crippen LogP contribution in [0.5, 0.6) is 5.75 Å². The van der Waals surface area contributed by atoms with Crippen molar-refractivity contribution in [1.29, 1.82) is 0 Å². The van der Waals surface area contributed by atoms with Crippen molar-refractivity contribution < 1.29 is 22.7 Å². The fourth-order valence-electron chi connectivity index (χ4n) is 2.31. The molecule has 0 bridgehead atoms. The Bertz CT molecular complexity index is 860. The summed E-state index contributed by atoms with van der Waals surface area (Å²) in [4.78, 5) is 12.2. The number of carbonyl (C=O) groups excluding carboxylic acids is 1. The number of ether oxygens (including phenoxy) is 1. The Morgan fingerprint density at radius 2 is 2.11 bits per heavy atom. The monoisotopic (exact) mass is 401 g/mol. The highest BCUT2D eigenvalue weighted by molar-refractivity contribution is 6.31. The lowest BCUT2D eigenvalue weighted by Gasteiger charge is -2.14. The van der Waals surface area contributed by atoms with Gasteiger partial charge in [-0.25, -0.2) is 0 Å². The predicted molar refractivity (Wildman–Crippen MR) is 97.8 cm³/mol. The fraction of sp³-hybridized carbons (Fsp3) is 0.333. The molecule has 9 heteroatoms. The van der Waals surface area contributed by atoms with Crippen LogP contribution in [0, 0.1) is 6.92 Å². The zero-order chi connectivity index (χ0) is 20.2. The van der Waals surface area contributed by atoms with Crippen LogP contribution in [0.2, 0.25) is 5.15 Å². The molecule has 5 nitrogen and oxygen atoms in total. The van der Waals surface area contributed by atoms with Crippen LogP contribution in [0.25, 0.3) is 6.08 Å². The number of hydrogen-bond donors (Lipinski definition) is 1. The summed E-state index contributed by atoms with van der Waals surface area (Å²) in [6.45, 7) is 3.91. The van der Waals surface area contributed by atoms with E-state index in [1.165, 1.54) is 22.9 Å². The van der Waals surface area contributed by atoms with E-state index in [9.17, 15) is 18.0 Å². The number of hydrogen-bond acceptors (Lipinski definition) is 3. The lowest BCUT2D eigenvalue weighted by Crippen LogP contribution is -2.12. The molecule has 0 aliphatic rings. The predicted octanol–water partition coefficient (Wildman–Crippen LogP) is 4.84. The summed E-state index contributed by atoms with van der Waals surface area (Å²) in [7, 11) is 1.66. The van der Waals surface area contributed by atoms with Crippen LogP contribution in [-0.2, 0) is 18.0 Å². The van der Waals surface area contributed by atoms with Crippen LogP contribution in [0.4, 0.5) is 18.9 Å². The summed E-state index contributed by atoms with van der Waals surface area (Å²) in [5.74, 6) is -0.447. The lowest BCUT2D eigenvalue weighted by atomic mass is 10.1. The molecule has 1 N–H and O–H groups in total. The van der Waals surface area contributed by atoms with E-state index in [0.29, 0.717) is 29.4 Å². The molecule has 0 unspecified atom stereocenters. The molecule has 0 spiro atoms. The van der Waals surface area contributed by atoms with Crippen molar-refractivity contribution in [3.63, 3.8) is 0 Å². The number of nitrogens with one attached hydrogen (secondary N) is 1. The summed E-state index contributed by atoms with van der Waals surface area (Å²) >= 11 is 6.08. The molecule has 146 valence electrons. The smallest absolute Gasteiger partial charge is 0.416 e. The molecular formula is C18H19ClF3N3O2. The normalized spacial score (nSPS) is 11.8. The molecule has 0 fully saturated rings. The maximum Gasteiger partial charge on any atom is 0.416 e. The van der Waals surface area contributed by atoms with E-state index < -0.39 is 17.6 Å². The number of rotatable bonds is 6. The summed E-state index contributed by atoms with van der Waals surface area (Å²) < 4.78 is 45.7. The van der Waals surface area contributed by atoms with Crippen LogP contribution in [0.1, 0.15) is 30.2 Å². The van der Waals surface area contributed by atoms with Crippen molar-refractivity contribution in [1.82, 2.24) is 9.78 Å². The van der Waals surface area contributed by atoms with Gasteiger partial charge in [0, 0.05) is 18.7 Å². The third-order valence-electron chi connectivity index (χ3n) is 3.62. The maximum absolute atomic E-state index is 13.0. The molecule has 0 aliphatic carbocycles. The van der Waals surface area contributed by atoms with E-state index in [1.807, 2.05) is 6.92 Å². The van der Waals surface area contributed by atoms with Crippen molar-refractivity contribution >= 4 is 29.3 Å². The van der Waals surface area contributed by atoms with Crippen molar-refractivity contribution in [2.75, 3.05) is 11.9 Å². The van der Waals surface area contributed by atoms with Gasteiger partial charge in [-0.05, 0) is 37.6 Å². The topological polar surface area (TPSA) is 56.1 Å². The Labute approximate surface area is 159 Å². The van der Waals surface area contributed by atoms with Crippen molar-refractivity contribution in [3.8, 4) is 5.75 Å². The van der Waals surface area contributed by atoms with Gasteiger partial charge in [-0.15, -0.1) is 0 Å². The molecule has 2 rings (SSSR count). The van der Waals surface area contributed by atoms with Crippen molar-refractivity contribution in [2.24, 2.45) is 7.05 Å². The van der Waals surface area contributed by atoms with Crippen molar-refractivity contribution in [2.45, 2.75) is 26.4 Å². The summed E-state index contributed by atoms with van der Waals surface area (Å²) in [6.07, 6.45) is -1.22. The highest BCUT2D eigenvalue weighted by Gasteiger charge is 2.31. The average Bonchev–Trinajstić information content (AvgIpc) is 2.83. The molecule has 1 amide bonds. The van der Waals surface area contributed by atoms with E-state index in [-0.39, 0.29) is 11.4 Å². The van der Waals surface area contributed by atoms with E-state index in [4.69, 9.17) is 16.3 Å². The number of aromatic nitrogens is 2. The van der Waals surface area contributed by atoms with Crippen LogP contribution in [0.3, 0.4) is 0 Å². The second-order valence-electron chi connectivity index (χ2n) is 5.79. The van der Waals surface area contributed by atoms with E-state index in [1.54, 1.807) is 14.0 Å². The van der Waals surface area contributed by atoms with Gasteiger partial charge in [0.1, 0.15) is 10.9 Å². The minimum Gasteiger partial charge on any atom is -0.491 e. The molecule has 0 aliphatic heterocycles. The Kier molecular flexibility index (Phi) is 6.54. The van der Waals surface area contributed by atoms with Crippen LogP contribution in [0.15, 0.2) is 24.3 Å². The number of alkyl halides is 3. The third kappa shape index (κ3) is 5.26. The lowest BCUT2D eigenvalue weighted by molar-refractivity contribution is -0.137. The molecule has 1 aromatic carbocycles. The zero-order valence-electron chi connectivity index (χ0n) is 15.0. The molecule has 27 heavy (non-hydrogen) atoms. The van der Waals surface area contributed by atoms with Gasteiger partial charge in [0.2, 0.25) is 5.91 Å². The summed E-state index contributed by atoms with van der Waals surface area (Å²) in [5, 5.41) is 6.89. The highest BCUT2D eigenvalue weighted by Crippen LogP contribution is 2.35. The molecule has 1 aromatic heterocycles. The molecular weight excluding hydrogens is 383 g/mol. The minimum absolute atomic E-state index is 0.0538. The van der Waals surface area contributed by atoms with Gasteiger partial charge in [-0.1, -0.05) is 18.5 Å². The van der Waals surface area contributed by atoms with E-state index in [0.717, 1.165) is 12.1 Å². The number of amides is 1. The van der Waals surface area contributed by atoms with Gasteiger partial charge in [-0.3, -0.25) is 9.48 Å². The van der Waals surface area contributed by atoms with Gasteiger partial charge >= 0.3 is 6.18 Å². The zero-order valence-corrected chi connectivity index (χ0v) is 15.8. The number of halogens is 4. The first-order valence-electron chi connectivity index (χ1n) is 8.15. The molecule has 0 atom stereocenters. The summed E-state index contributed by atoms with van der Waals surface area (Å²) in [5.41, 5.74) is 0.247. The summed E-state index contributed by atoms with van der Waals surface area (Å²) in [6, 6.07) is 2.95. The minimum atomic E-state index is -4.53. The third-order valence-corrected chi connectivity index (χ3v) is 4.07. The van der Waals surface area contributed by atoms with Crippen molar-refractivity contribution in [3.05, 3.63) is 46.2 Å². The van der Waals surface area contributed by atoms with Gasteiger partial charge < -0.3 is 10.1 Å². The molecule has 1 heterocycles. The second-order valence-corrected chi connectivity index (χ2v) is 6.15. The maximum atomic E-state index is 13.0. The molecule has 0 saturated heterocycles. The van der Waals surface area contributed by atoms with Crippen LogP contribution >= 0.6 is 11.6 Å². The number of anilines is 1. The highest BCUT2D eigenvalue weighted by atomic mass is 35.5. The Hall–Kier alpha value is -2.48. The average molecular weight is 402 g/mol. The first kappa shape index (κ1) is 20.8. The molecule has 2 aromatic rings. The number of nitrogens with zero attached hydrogens (tertiary/aromatic N) is 2. The first-order chi connectivity index (χ1) is 12.6. The number of aryl methyl sites for hydroxylation is 2. The van der Waals surface area contributed by atoms with Gasteiger partial charge in [0.25, 0.3) is 0 Å². The van der Waals surface area contributed by atoms with Crippen LogP contribution < -0.4 is 10.1 Å². The molecule has 0 radical (unpaired) electrons. The second kappa shape index (κ2) is 8.47. The molecule has 0 saturated carbocycles. The number of benzene rings is 1. The van der Waals surface area contributed by atoms with Gasteiger partial charge in [0.15, 0.2) is 0 Å². The largest absolute Gasteiger partial charge is 0.491 e. The van der Waals surface area contributed by atoms with Crippen LogP contribution in [-0.4, -0.2) is 22.3 Å². The Morgan fingerprint density at radius 1 is 1.41 bits per heavy atom. The number of carbonyl (C=O) groups is 1. The quantitative estimate of drug-likeness (QED) is 0.704. The Morgan fingerprint density at radius 3 is 2.67 bits per heavy atom. The van der Waals surface area contributed by atoms with E-state index >= 15 is 0 Å². The first-order valence-corrected chi connectivity index (χ1v) is 8.53. The van der Waals surface area contributed by atoms with E-state index in [2.05, 4.69) is 10.4 Å². The standard InChI is InChI=1S/C18H19ClF3N3O2/c1-4-9-27-15-7-5-12(18(20,21)22)10-14(15)23-16(26)8-6-13-11(2)24-25(3)17(13)19/h5-8,10H,4,9H2,1-3H3,(H,23,26)/b8-6+. The van der Waals surface area contributed by atoms with Gasteiger partial charge in [-0.2, -0.15) is 18.3 Å².